The molecule has 0 aliphatic heterocycles. The van der Waals surface area contributed by atoms with Gasteiger partial charge in [-0.3, -0.25) is 9.52 Å². The van der Waals surface area contributed by atoms with E-state index in [2.05, 4.69) is 9.71 Å². The minimum Gasteiger partial charge on any atom is -0.449 e. The molecule has 1 N–H and O–H groups in total. The Morgan fingerprint density at radius 1 is 1.04 bits per heavy atom. The number of oxazole rings is 1. The number of sulfonamides is 1. The summed E-state index contributed by atoms with van der Waals surface area (Å²) in [7, 11) is -3.72. The topological polar surface area (TPSA) is 89.3 Å². The van der Waals surface area contributed by atoms with Gasteiger partial charge in [-0.2, -0.15) is 0 Å². The molecule has 2 aromatic carbocycles. The van der Waals surface area contributed by atoms with Gasteiger partial charge < -0.3 is 4.42 Å². The van der Waals surface area contributed by atoms with Crippen LogP contribution >= 0.6 is 0 Å². The van der Waals surface area contributed by atoms with E-state index in [4.69, 9.17) is 4.42 Å². The van der Waals surface area contributed by atoms with Crippen molar-refractivity contribution in [2.45, 2.75) is 18.7 Å². The lowest BCUT2D eigenvalue weighted by Crippen LogP contribution is -2.12. The minimum absolute atomic E-state index is 0.0758. The number of rotatable bonds is 5. The highest BCUT2D eigenvalue weighted by molar-refractivity contribution is 7.92. The number of anilines is 1. The molecule has 0 radical (unpaired) electrons. The molecule has 3 aromatic rings. The number of ketones is 1. The Morgan fingerprint density at radius 2 is 1.68 bits per heavy atom. The van der Waals surface area contributed by atoms with Crippen molar-refractivity contribution >= 4 is 21.5 Å². The summed E-state index contributed by atoms with van der Waals surface area (Å²) in [5.41, 5.74) is 2.33. The fourth-order valence-corrected chi connectivity index (χ4v) is 3.35. The number of carbonyl (C=O) groups excluding carboxylic acids is 1. The minimum atomic E-state index is -3.72. The van der Waals surface area contributed by atoms with Gasteiger partial charge in [0.1, 0.15) is 12.0 Å². The van der Waals surface area contributed by atoms with E-state index in [0.717, 1.165) is 5.56 Å². The fraction of sp³-hybridized carbons (Fsp3) is 0.111. The van der Waals surface area contributed by atoms with Gasteiger partial charge in [0, 0.05) is 23.7 Å². The van der Waals surface area contributed by atoms with Crippen molar-refractivity contribution in [1.29, 1.82) is 0 Å². The molecule has 6 nitrogen and oxygen atoms in total. The summed E-state index contributed by atoms with van der Waals surface area (Å²) in [6, 6.07) is 12.6. The molecule has 7 heteroatoms. The molecule has 0 saturated carbocycles. The maximum absolute atomic E-state index is 12.5. The van der Waals surface area contributed by atoms with E-state index in [1.807, 2.05) is 0 Å². The van der Waals surface area contributed by atoms with Crippen LogP contribution < -0.4 is 4.72 Å². The van der Waals surface area contributed by atoms with E-state index in [-0.39, 0.29) is 10.7 Å². The monoisotopic (exact) mass is 356 g/mol. The van der Waals surface area contributed by atoms with Crippen LogP contribution in [0, 0.1) is 6.92 Å². The van der Waals surface area contributed by atoms with Crippen LogP contribution in [-0.2, 0) is 10.0 Å². The summed E-state index contributed by atoms with van der Waals surface area (Å²) in [5.74, 6) is 0.468. The number of aryl methyl sites for hydroxylation is 1. The van der Waals surface area contributed by atoms with Crippen LogP contribution in [0.25, 0.3) is 11.3 Å². The lowest BCUT2D eigenvalue weighted by molar-refractivity contribution is 0.101. The summed E-state index contributed by atoms with van der Waals surface area (Å²) in [6.45, 7) is 3.20. The average molecular weight is 356 g/mol. The number of nitrogens with zero attached hydrogens (tertiary/aromatic N) is 1. The van der Waals surface area contributed by atoms with E-state index < -0.39 is 10.0 Å². The highest BCUT2D eigenvalue weighted by atomic mass is 32.2. The Kier molecular flexibility index (Phi) is 4.41. The Bertz CT molecular complexity index is 1000. The zero-order valence-electron chi connectivity index (χ0n) is 13.7. The zero-order valence-corrected chi connectivity index (χ0v) is 14.5. The fourth-order valence-electron chi connectivity index (χ4n) is 2.29. The van der Waals surface area contributed by atoms with E-state index >= 15 is 0 Å². The van der Waals surface area contributed by atoms with Crippen LogP contribution in [0.15, 0.2) is 64.1 Å². The van der Waals surface area contributed by atoms with Gasteiger partial charge in [0.05, 0.1) is 4.90 Å². The average Bonchev–Trinajstić information content (AvgIpc) is 3.01. The number of nitrogens with one attached hydrogen (secondary N) is 1. The van der Waals surface area contributed by atoms with Crippen LogP contribution in [0.2, 0.25) is 0 Å². The highest BCUT2D eigenvalue weighted by Gasteiger charge is 2.15. The molecule has 0 atom stereocenters. The first-order valence-corrected chi connectivity index (χ1v) is 9.00. The van der Waals surface area contributed by atoms with Gasteiger partial charge >= 0.3 is 0 Å². The van der Waals surface area contributed by atoms with Crippen LogP contribution in [0.5, 0.6) is 0 Å². The Labute approximate surface area is 145 Å². The first-order valence-electron chi connectivity index (χ1n) is 7.51. The third kappa shape index (κ3) is 3.77. The molecule has 0 fully saturated rings. The first-order chi connectivity index (χ1) is 11.8. The maximum atomic E-state index is 12.5. The smallest absolute Gasteiger partial charge is 0.261 e. The number of hydrogen-bond donors (Lipinski definition) is 1. The van der Waals surface area contributed by atoms with E-state index in [1.54, 1.807) is 43.3 Å². The van der Waals surface area contributed by atoms with Crippen molar-refractivity contribution in [3.63, 3.8) is 0 Å². The molecule has 1 heterocycles. The molecule has 3 rings (SSSR count). The maximum Gasteiger partial charge on any atom is 0.261 e. The van der Waals surface area contributed by atoms with Crippen molar-refractivity contribution in [3.8, 4) is 11.3 Å². The summed E-state index contributed by atoms with van der Waals surface area (Å²) in [4.78, 5) is 15.6. The molecule has 1 aromatic heterocycles. The van der Waals surface area contributed by atoms with Crippen molar-refractivity contribution < 1.29 is 17.6 Å². The highest BCUT2D eigenvalue weighted by Crippen LogP contribution is 2.22. The van der Waals surface area contributed by atoms with Crippen molar-refractivity contribution in [3.05, 3.63) is 66.2 Å². The molecular formula is C18H16N2O4S. The number of benzene rings is 2. The SMILES string of the molecule is CC(=O)c1ccc(NS(=O)(=O)c2ccc(-c3coc(C)n3)cc2)cc1. The molecule has 128 valence electrons. The van der Waals surface area contributed by atoms with Gasteiger partial charge in [-0.1, -0.05) is 12.1 Å². The first kappa shape index (κ1) is 16.9. The van der Waals surface area contributed by atoms with Gasteiger partial charge in [-0.25, -0.2) is 13.4 Å². The molecule has 0 aliphatic carbocycles. The van der Waals surface area contributed by atoms with Gasteiger partial charge in [0.15, 0.2) is 11.7 Å². The molecule has 0 amide bonds. The second kappa shape index (κ2) is 6.52. The molecule has 0 aliphatic rings. The lowest BCUT2D eigenvalue weighted by atomic mass is 10.1. The van der Waals surface area contributed by atoms with Crippen LogP contribution in [-0.4, -0.2) is 19.2 Å². The van der Waals surface area contributed by atoms with E-state index in [9.17, 15) is 13.2 Å². The molecule has 0 bridgehead atoms. The van der Waals surface area contributed by atoms with Crippen LogP contribution in [0.1, 0.15) is 23.2 Å². The second-order valence-corrected chi connectivity index (χ2v) is 7.20. The Balaban J connectivity index is 1.81. The lowest BCUT2D eigenvalue weighted by Gasteiger charge is -2.09. The summed E-state index contributed by atoms with van der Waals surface area (Å²) >= 11 is 0. The van der Waals surface area contributed by atoms with Crippen molar-refractivity contribution in [2.75, 3.05) is 4.72 Å². The molecule has 25 heavy (non-hydrogen) atoms. The van der Waals surface area contributed by atoms with Gasteiger partial charge in [0.2, 0.25) is 0 Å². The quantitative estimate of drug-likeness (QED) is 0.705. The van der Waals surface area contributed by atoms with Gasteiger partial charge in [-0.15, -0.1) is 0 Å². The number of Topliss-reactive ketones (excluding diaryl/α,β-unsaturated/α-hetero) is 1. The standard InChI is InChI=1S/C18H16N2O4S/c1-12(21)14-3-7-16(8-4-14)20-25(22,23)17-9-5-15(6-10-17)18-11-24-13(2)19-18/h3-11,20H,1-2H3. The van der Waals surface area contributed by atoms with Crippen LogP contribution in [0.3, 0.4) is 0 Å². The van der Waals surface area contributed by atoms with Crippen molar-refractivity contribution in [2.24, 2.45) is 0 Å². The molecular weight excluding hydrogens is 340 g/mol. The molecule has 0 spiro atoms. The number of hydrogen-bond acceptors (Lipinski definition) is 5. The summed E-state index contributed by atoms with van der Waals surface area (Å²) in [5, 5.41) is 0. The van der Waals surface area contributed by atoms with E-state index in [0.29, 0.717) is 22.8 Å². The largest absolute Gasteiger partial charge is 0.449 e. The van der Waals surface area contributed by atoms with Gasteiger partial charge in [0.25, 0.3) is 10.0 Å². The van der Waals surface area contributed by atoms with E-state index in [1.165, 1.54) is 25.3 Å². The Morgan fingerprint density at radius 3 is 2.20 bits per heavy atom. The predicted octanol–water partition coefficient (Wildman–Crippen LogP) is 3.65. The molecule has 0 saturated heterocycles. The summed E-state index contributed by atoms with van der Waals surface area (Å²) in [6.07, 6.45) is 1.52. The van der Waals surface area contributed by atoms with Crippen molar-refractivity contribution in [1.82, 2.24) is 4.98 Å². The third-order valence-electron chi connectivity index (χ3n) is 3.62. The van der Waals surface area contributed by atoms with Crippen LogP contribution in [0.4, 0.5) is 5.69 Å². The number of carbonyl (C=O) groups is 1. The second-order valence-electron chi connectivity index (χ2n) is 5.52. The summed E-state index contributed by atoms with van der Waals surface area (Å²) < 4.78 is 32.6. The normalized spacial score (nSPS) is 11.3. The number of aromatic nitrogens is 1. The predicted molar refractivity (Wildman–Crippen MR) is 93.9 cm³/mol. The molecule has 0 unspecified atom stereocenters. The Hall–Kier alpha value is -2.93. The third-order valence-corrected chi connectivity index (χ3v) is 5.02. The van der Waals surface area contributed by atoms with Gasteiger partial charge in [-0.05, 0) is 43.3 Å². The zero-order chi connectivity index (χ0) is 18.0.